The fourth-order valence-corrected chi connectivity index (χ4v) is 4.23. The largest absolute Gasteiger partial charge is 0.466 e. The molecule has 0 aromatic heterocycles. The minimum Gasteiger partial charge on any atom is -0.466 e. The van der Waals surface area contributed by atoms with Gasteiger partial charge in [0, 0.05) is 34.7 Å². The first-order chi connectivity index (χ1) is 15.9. The van der Waals surface area contributed by atoms with Crippen molar-refractivity contribution in [1.29, 1.82) is 0 Å². The number of aldehydes is 1. The average molecular weight is 505 g/mol. The molecule has 0 aliphatic rings. The van der Waals surface area contributed by atoms with Gasteiger partial charge in [-0.2, -0.15) is 23.5 Å². The number of rotatable bonds is 21. The zero-order valence-corrected chi connectivity index (χ0v) is 21.2. The first-order valence-electron chi connectivity index (χ1n) is 10.9. The molecule has 0 rings (SSSR count). The van der Waals surface area contributed by atoms with Crippen molar-refractivity contribution < 1.29 is 38.1 Å². The number of carbonyl (C=O) groups excluding carboxylic acids is 4. The topological polar surface area (TPSA) is 105 Å². The third-order valence-corrected chi connectivity index (χ3v) is 6.01. The van der Waals surface area contributed by atoms with Crippen LogP contribution in [0.15, 0.2) is 24.8 Å². The van der Waals surface area contributed by atoms with Crippen LogP contribution in [0.25, 0.3) is 0 Å². The van der Waals surface area contributed by atoms with Gasteiger partial charge in [-0.1, -0.05) is 27.0 Å². The van der Waals surface area contributed by atoms with Gasteiger partial charge in [0.2, 0.25) is 0 Å². The summed E-state index contributed by atoms with van der Waals surface area (Å²) in [6, 6.07) is 0. The number of thioether (sulfide) groups is 2. The molecule has 0 aliphatic heterocycles. The Morgan fingerprint density at radius 2 is 1.42 bits per heavy atom. The molecule has 0 N–H and O–H groups in total. The summed E-state index contributed by atoms with van der Waals surface area (Å²) >= 11 is 2.88. The summed E-state index contributed by atoms with van der Waals surface area (Å²) in [6.07, 6.45) is 2.50. The van der Waals surface area contributed by atoms with E-state index in [4.69, 9.17) is 18.9 Å². The van der Waals surface area contributed by atoms with Crippen molar-refractivity contribution in [3.05, 3.63) is 24.8 Å². The molecule has 0 aliphatic carbocycles. The Morgan fingerprint density at radius 1 is 0.909 bits per heavy atom. The Balaban J connectivity index is 4.91. The van der Waals surface area contributed by atoms with E-state index in [1.165, 1.54) is 23.5 Å². The molecule has 188 valence electrons. The standard InChI is InChI=1S/C23H36O8S2/c1-5-10-28-22(26)8-12-32-16-19(30-15-18(4)14-24)20(31-21(25)7-3)17-33-13-9-23(27)29-11-6-2/h7,14,19-20H,3-6,8-13,15-17H2,1-2H3. The minimum atomic E-state index is -0.647. The van der Waals surface area contributed by atoms with E-state index in [1.54, 1.807) is 0 Å². The van der Waals surface area contributed by atoms with Crippen LogP contribution in [0.5, 0.6) is 0 Å². The zero-order chi connectivity index (χ0) is 24.9. The van der Waals surface area contributed by atoms with E-state index in [9.17, 15) is 19.2 Å². The van der Waals surface area contributed by atoms with Crippen LogP contribution in [0.3, 0.4) is 0 Å². The van der Waals surface area contributed by atoms with E-state index < -0.39 is 18.2 Å². The average Bonchev–Trinajstić information content (AvgIpc) is 2.82. The van der Waals surface area contributed by atoms with E-state index in [-0.39, 0.29) is 37.0 Å². The van der Waals surface area contributed by atoms with E-state index in [2.05, 4.69) is 13.2 Å². The van der Waals surface area contributed by atoms with Gasteiger partial charge in [0.05, 0.1) is 32.7 Å². The first-order valence-corrected chi connectivity index (χ1v) is 13.2. The Bertz CT molecular complexity index is 624. The maximum atomic E-state index is 11.9. The van der Waals surface area contributed by atoms with Crippen LogP contribution in [0.2, 0.25) is 0 Å². The van der Waals surface area contributed by atoms with Crippen molar-refractivity contribution in [3.8, 4) is 0 Å². The number of esters is 3. The molecule has 0 aromatic carbocycles. The predicted molar refractivity (Wildman–Crippen MR) is 131 cm³/mol. The van der Waals surface area contributed by atoms with Gasteiger partial charge >= 0.3 is 17.9 Å². The summed E-state index contributed by atoms with van der Waals surface area (Å²) in [6.45, 7) is 11.7. The SMILES string of the molecule is C=CC(=O)OC(CSCCC(=O)OCCC)C(CSCCC(=O)OCCC)OCC(=C)C=O. The van der Waals surface area contributed by atoms with Gasteiger partial charge in [0.1, 0.15) is 18.5 Å². The fraction of sp³-hybridized carbons (Fsp3) is 0.652. The van der Waals surface area contributed by atoms with Gasteiger partial charge in [0.15, 0.2) is 0 Å². The molecule has 0 spiro atoms. The highest BCUT2D eigenvalue weighted by molar-refractivity contribution is 7.99. The van der Waals surface area contributed by atoms with Crippen LogP contribution in [0.4, 0.5) is 0 Å². The molecule has 0 amide bonds. The Labute approximate surface area is 205 Å². The summed E-state index contributed by atoms with van der Waals surface area (Å²) < 4.78 is 21.4. The van der Waals surface area contributed by atoms with Crippen molar-refractivity contribution in [2.24, 2.45) is 0 Å². The van der Waals surface area contributed by atoms with Gasteiger partial charge in [0.25, 0.3) is 0 Å². The molecule has 0 fully saturated rings. The Hall–Kier alpha value is -1.78. The first kappa shape index (κ1) is 31.2. The van der Waals surface area contributed by atoms with Crippen LogP contribution >= 0.6 is 23.5 Å². The highest BCUT2D eigenvalue weighted by Crippen LogP contribution is 2.19. The molecule has 0 radical (unpaired) electrons. The predicted octanol–water partition coefficient (Wildman–Crippen LogP) is 3.38. The lowest BCUT2D eigenvalue weighted by molar-refractivity contribution is -0.148. The lowest BCUT2D eigenvalue weighted by atomic mass is 10.2. The number of hydrogen-bond donors (Lipinski definition) is 0. The lowest BCUT2D eigenvalue weighted by Crippen LogP contribution is -2.38. The normalized spacial score (nSPS) is 12.3. The molecule has 2 unspecified atom stereocenters. The fourth-order valence-electron chi connectivity index (χ4n) is 2.21. The van der Waals surface area contributed by atoms with Crippen LogP contribution in [-0.2, 0) is 38.1 Å². The van der Waals surface area contributed by atoms with Gasteiger partial charge in [-0.05, 0) is 12.8 Å². The Kier molecular flexibility index (Phi) is 19.7. The highest BCUT2D eigenvalue weighted by atomic mass is 32.2. The molecule has 0 saturated carbocycles. The quantitative estimate of drug-likeness (QED) is 0.0759. The summed E-state index contributed by atoms with van der Waals surface area (Å²) in [7, 11) is 0. The molecule has 33 heavy (non-hydrogen) atoms. The smallest absolute Gasteiger partial charge is 0.330 e. The number of carbonyl (C=O) groups is 4. The van der Waals surface area contributed by atoms with Crippen molar-refractivity contribution >= 4 is 47.7 Å². The summed E-state index contributed by atoms with van der Waals surface area (Å²) in [5, 5.41) is 0. The second kappa shape index (κ2) is 20.8. The molecule has 0 aromatic rings. The van der Waals surface area contributed by atoms with Crippen LogP contribution in [-0.4, -0.2) is 79.2 Å². The molecule has 2 atom stereocenters. The van der Waals surface area contributed by atoms with Gasteiger partial charge in [-0.15, -0.1) is 0 Å². The van der Waals surface area contributed by atoms with E-state index in [0.29, 0.717) is 42.5 Å². The van der Waals surface area contributed by atoms with E-state index in [1.807, 2.05) is 13.8 Å². The maximum Gasteiger partial charge on any atom is 0.330 e. The number of hydrogen-bond acceptors (Lipinski definition) is 10. The monoisotopic (exact) mass is 504 g/mol. The third kappa shape index (κ3) is 17.4. The van der Waals surface area contributed by atoms with Crippen LogP contribution in [0.1, 0.15) is 39.5 Å². The highest BCUT2D eigenvalue weighted by Gasteiger charge is 2.26. The lowest BCUT2D eigenvalue weighted by Gasteiger charge is -2.26. The molecular formula is C23H36O8S2. The molecule has 8 nitrogen and oxygen atoms in total. The van der Waals surface area contributed by atoms with E-state index in [0.717, 1.165) is 18.9 Å². The molecule has 0 heterocycles. The molecular weight excluding hydrogens is 468 g/mol. The van der Waals surface area contributed by atoms with Gasteiger partial charge in [-0.3, -0.25) is 14.4 Å². The summed E-state index contributed by atoms with van der Waals surface area (Å²) in [5.74, 6) is 0.656. The van der Waals surface area contributed by atoms with E-state index >= 15 is 0 Å². The van der Waals surface area contributed by atoms with Gasteiger partial charge in [-0.25, -0.2) is 4.79 Å². The summed E-state index contributed by atoms with van der Waals surface area (Å²) in [4.78, 5) is 46.1. The minimum absolute atomic E-state index is 0.0105. The second-order valence-electron chi connectivity index (χ2n) is 6.90. The van der Waals surface area contributed by atoms with Crippen LogP contribution < -0.4 is 0 Å². The zero-order valence-electron chi connectivity index (χ0n) is 19.6. The Morgan fingerprint density at radius 3 is 1.88 bits per heavy atom. The van der Waals surface area contributed by atoms with Crippen molar-refractivity contribution in [2.75, 3.05) is 42.8 Å². The molecule has 10 heteroatoms. The summed E-state index contributed by atoms with van der Waals surface area (Å²) in [5.41, 5.74) is 0.258. The van der Waals surface area contributed by atoms with Gasteiger partial charge < -0.3 is 18.9 Å². The van der Waals surface area contributed by atoms with Crippen molar-refractivity contribution in [1.82, 2.24) is 0 Å². The van der Waals surface area contributed by atoms with Crippen LogP contribution in [0, 0.1) is 0 Å². The molecule has 0 saturated heterocycles. The third-order valence-electron chi connectivity index (χ3n) is 3.90. The maximum absolute atomic E-state index is 11.9. The second-order valence-corrected chi connectivity index (χ2v) is 9.20. The van der Waals surface area contributed by atoms with Crippen molar-refractivity contribution in [2.45, 2.75) is 51.7 Å². The molecule has 0 bridgehead atoms. The number of ether oxygens (including phenoxy) is 4. The van der Waals surface area contributed by atoms with Crippen molar-refractivity contribution in [3.63, 3.8) is 0 Å².